The average molecular weight is 437 g/mol. The first-order chi connectivity index (χ1) is 15.2. The van der Waals surface area contributed by atoms with E-state index in [1.807, 2.05) is 6.08 Å². The zero-order chi connectivity index (χ0) is 22.8. The van der Waals surface area contributed by atoms with Crippen molar-refractivity contribution < 1.29 is 19.4 Å². The Morgan fingerprint density at radius 1 is 0.645 bits per heavy atom. The molecule has 0 amide bonds. The van der Waals surface area contributed by atoms with Gasteiger partial charge in [-0.1, -0.05) is 102 Å². The van der Waals surface area contributed by atoms with Gasteiger partial charge in [0, 0.05) is 12.8 Å². The van der Waals surface area contributed by atoms with Crippen LogP contribution in [-0.4, -0.2) is 23.7 Å². The van der Waals surface area contributed by atoms with Gasteiger partial charge in [0.05, 0.1) is 6.61 Å². The second-order valence-corrected chi connectivity index (χ2v) is 8.47. The van der Waals surface area contributed by atoms with Gasteiger partial charge in [0.1, 0.15) is 0 Å². The van der Waals surface area contributed by atoms with Gasteiger partial charge in [0.2, 0.25) is 0 Å². The van der Waals surface area contributed by atoms with E-state index < -0.39 is 5.97 Å². The summed E-state index contributed by atoms with van der Waals surface area (Å²) < 4.78 is 5.13. The highest BCUT2D eigenvalue weighted by Crippen LogP contribution is 2.12. The minimum Gasteiger partial charge on any atom is -0.481 e. The molecule has 0 bridgehead atoms. The summed E-state index contributed by atoms with van der Waals surface area (Å²) in [5.41, 5.74) is 0. The Kier molecular flexibility index (Phi) is 23.4. The standard InChI is InChI=1S/C27H48O4/c1-2-3-4-5-6-7-8-9-10-11-12-13-14-15-16-17-18-19-22-25-31-27(30)24-21-20-23-26(28)29/h15-16,18-19H,2-14,17,20-25H2,1H3,(H,28,29)/b16-15-,19-18-. The summed E-state index contributed by atoms with van der Waals surface area (Å²) in [5, 5.41) is 8.53. The van der Waals surface area contributed by atoms with Crippen LogP contribution in [0, 0.1) is 0 Å². The van der Waals surface area contributed by atoms with Crippen LogP contribution in [0.15, 0.2) is 24.3 Å². The summed E-state index contributed by atoms with van der Waals surface area (Å²) in [6.07, 6.45) is 29.7. The van der Waals surface area contributed by atoms with Crippen LogP contribution in [0.3, 0.4) is 0 Å². The van der Waals surface area contributed by atoms with Crippen molar-refractivity contribution in [2.24, 2.45) is 0 Å². The number of allylic oxidation sites excluding steroid dienone is 3. The molecule has 31 heavy (non-hydrogen) atoms. The van der Waals surface area contributed by atoms with Crippen LogP contribution in [0.4, 0.5) is 0 Å². The predicted molar refractivity (Wildman–Crippen MR) is 130 cm³/mol. The Morgan fingerprint density at radius 3 is 1.74 bits per heavy atom. The Balaban J connectivity index is 3.28. The van der Waals surface area contributed by atoms with Gasteiger partial charge in [-0.3, -0.25) is 9.59 Å². The van der Waals surface area contributed by atoms with Crippen LogP contribution in [0.25, 0.3) is 0 Å². The van der Waals surface area contributed by atoms with Gasteiger partial charge >= 0.3 is 11.9 Å². The Bertz CT molecular complexity index is 468. The third-order valence-corrected chi connectivity index (χ3v) is 5.40. The first kappa shape index (κ1) is 29.4. The van der Waals surface area contributed by atoms with E-state index in [-0.39, 0.29) is 12.4 Å². The van der Waals surface area contributed by atoms with Crippen molar-refractivity contribution in [2.45, 2.75) is 129 Å². The number of unbranched alkanes of at least 4 members (excludes halogenated alkanes) is 13. The molecule has 0 unspecified atom stereocenters. The van der Waals surface area contributed by atoms with Crippen molar-refractivity contribution in [2.75, 3.05) is 6.61 Å². The van der Waals surface area contributed by atoms with Crippen LogP contribution in [-0.2, 0) is 14.3 Å². The molecular weight excluding hydrogens is 388 g/mol. The summed E-state index contributed by atoms with van der Waals surface area (Å²) in [6.45, 7) is 2.67. The largest absolute Gasteiger partial charge is 0.481 e. The van der Waals surface area contributed by atoms with Gasteiger partial charge in [-0.2, -0.15) is 0 Å². The summed E-state index contributed by atoms with van der Waals surface area (Å²) in [4.78, 5) is 21.9. The van der Waals surface area contributed by atoms with E-state index in [0.29, 0.717) is 25.9 Å². The third kappa shape index (κ3) is 26.4. The minimum absolute atomic E-state index is 0.114. The molecule has 4 nitrogen and oxygen atoms in total. The topological polar surface area (TPSA) is 63.6 Å². The quantitative estimate of drug-likeness (QED) is 0.0996. The highest BCUT2D eigenvalue weighted by molar-refractivity contribution is 5.69. The van der Waals surface area contributed by atoms with Gasteiger partial charge < -0.3 is 9.84 Å². The maximum atomic E-state index is 11.5. The zero-order valence-electron chi connectivity index (χ0n) is 20.1. The van der Waals surface area contributed by atoms with E-state index in [1.165, 1.54) is 83.5 Å². The summed E-state index contributed by atoms with van der Waals surface area (Å²) in [6, 6.07) is 0. The molecule has 0 aliphatic heterocycles. The van der Waals surface area contributed by atoms with Gasteiger partial charge in [0.25, 0.3) is 0 Å². The number of carboxylic acids is 1. The third-order valence-electron chi connectivity index (χ3n) is 5.40. The SMILES string of the molecule is CCCCCCCCCCCCCC/C=C\C/C=C\CCOC(=O)CCCCC(=O)O. The minimum atomic E-state index is -0.818. The van der Waals surface area contributed by atoms with E-state index in [0.717, 1.165) is 12.8 Å². The lowest BCUT2D eigenvalue weighted by Crippen LogP contribution is -2.05. The molecule has 0 saturated heterocycles. The van der Waals surface area contributed by atoms with Gasteiger partial charge in [-0.05, 0) is 38.5 Å². The van der Waals surface area contributed by atoms with E-state index >= 15 is 0 Å². The Labute approximate surface area is 191 Å². The Hall–Kier alpha value is -1.58. The maximum absolute atomic E-state index is 11.5. The van der Waals surface area contributed by atoms with Gasteiger partial charge in [0.15, 0.2) is 0 Å². The molecule has 0 atom stereocenters. The number of carboxylic acid groups (broad SMARTS) is 1. The van der Waals surface area contributed by atoms with E-state index in [2.05, 4.69) is 25.2 Å². The lowest BCUT2D eigenvalue weighted by atomic mass is 10.0. The molecule has 4 heteroatoms. The fraction of sp³-hybridized carbons (Fsp3) is 0.778. The maximum Gasteiger partial charge on any atom is 0.305 e. The van der Waals surface area contributed by atoms with Crippen LogP contribution < -0.4 is 0 Å². The number of hydrogen-bond acceptors (Lipinski definition) is 3. The lowest BCUT2D eigenvalue weighted by Gasteiger charge is -2.02. The van der Waals surface area contributed by atoms with Gasteiger partial charge in [-0.15, -0.1) is 0 Å². The van der Waals surface area contributed by atoms with E-state index in [9.17, 15) is 9.59 Å². The van der Waals surface area contributed by atoms with Crippen molar-refractivity contribution in [3.63, 3.8) is 0 Å². The number of aliphatic carboxylic acids is 1. The number of carbonyl (C=O) groups is 2. The average Bonchev–Trinajstić information content (AvgIpc) is 2.75. The predicted octanol–water partition coefficient (Wildman–Crippen LogP) is 8.16. The molecule has 0 aromatic heterocycles. The number of rotatable bonds is 23. The summed E-state index contributed by atoms with van der Waals surface area (Å²) in [5.74, 6) is -1.05. The van der Waals surface area contributed by atoms with Gasteiger partial charge in [-0.25, -0.2) is 0 Å². The van der Waals surface area contributed by atoms with Crippen LogP contribution >= 0.6 is 0 Å². The number of esters is 1. The second kappa shape index (κ2) is 24.7. The summed E-state index contributed by atoms with van der Waals surface area (Å²) in [7, 11) is 0. The molecule has 0 aliphatic carbocycles. The first-order valence-electron chi connectivity index (χ1n) is 12.8. The fourth-order valence-corrected chi connectivity index (χ4v) is 3.47. The normalized spacial score (nSPS) is 11.5. The molecular formula is C27H48O4. The van der Waals surface area contributed by atoms with Crippen LogP contribution in [0.2, 0.25) is 0 Å². The van der Waals surface area contributed by atoms with Crippen molar-refractivity contribution >= 4 is 11.9 Å². The molecule has 0 heterocycles. The zero-order valence-corrected chi connectivity index (χ0v) is 20.1. The van der Waals surface area contributed by atoms with E-state index in [1.54, 1.807) is 0 Å². The molecule has 0 aromatic carbocycles. The highest BCUT2D eigenvalue weighted by Gasteiger charge is 2.03. The Morgan fingerprint density at radius 2 is 1.16 bits per heavy atom. The van der Waals surface area contributed by atoms with Crippen molar-refractivity contribution in [1.82, 2.24) is 0 Å². The van der Waals surface area contributed by atoms with Crippen LogP contribution in [0.1, 0.15) is 129 Å². The number of carbonyl (C=O) groups excluding carboxylic acids is 1. The molecule has 0 aromatic rings. The van der Waals surface area contributed by atoms with E-state index in [4.69, 9.17) is 9.84 Å². The van der Waals surface area contributed by atoms with Crippen molar-refractivity contribution in [3.8, 4) is 0 Å². The van der Waals surface area contributed by atoms with Crippen molar-refractivity contribution in [1.29, 1.82) is 0 Å². The van der Waals surface area contributed by atoms with Crippen molar-refractivity contribution in [3.05, 3.63) is 24.3 Å². The second-order valence-electron chi connectivity index (χ2n) is 8.47. The summed E-state index contributed by atoms with van der Waals surface area (Å²) >= 11 is 0. The van der Waals surface area contributed by atoms with Crippen LogP contribution in [0.5, 0.6) is 0 Å². The molecule has 1 N–H and O–H groups in total. The number of hydrogen-bond donors (Lipinski definition) is 1. The lowest BCUT2D eigenvalue weighted by molar-refractivity contribution is -0.144. The monoisotopic (exact) mass is 436 g/mol. The molecule has 0 radical (unpaired) electrons. The molecule has 0 spiro atoms. The molecule has 180 valence electrons. The molecule has 0 fully saturated rings. The molecule has 0 rings (SSSR count). The molecule has 0 saturated carbocycles. The highest BCUT2D eigenvalue weighted by atomic mass is 16.5. The number of ether oxygens (including phenoxy) is 1. The first-order valence-corrected chi connectivity index (χ1v) is 12.8. The fourth-order valence-electron chi connectivity index (χ4n) is 3.47. The smallest absolute Gasteiger partial charge is 0.305 e. The molecule has 0 aliphatic rings.